The normalized spacial score (nSPS) is 11.0. The summed E-state index contributed by atoms with van der Waals surface area (Å²) in [7, 11) is 0. The van der Waals surface area contributed by atoms with E-state index in [1.54, 1.807) is 12.4 Å². The number of nitrogens with one attached hydrogen (secondary N) is 6. The van der Waals surface area contributed by atoms with Gasteiger partial charge in [0.1, 0.15) is 0 Å². The fraction of sp³-hybridized carbons (Fsp3) is 0.476. The van der Waals surface area contributed by atoms with E-state index in [4.69, 9.17) is 0 Å². The third-order valence-electron chi connectivity index (χ3n) is 9.13. The highest BCUT2D eigenvalue weighted by Gasteiger charge is 2.11. The molecule has 0 aliphatic heterocycles. The molecule has 0 spiro atoms. The standard InChI is InChI=1S/C42H58N8O4/c51-37(21-23-39(53)49-35-19-9-15-33-17-11-29-47-41(33)35)45-31-13-27-43-25-7-5-3-1-2-4-6-8-26-44-28-14-32-46-38(52)22-24-40(54)50-36-20-10-16-34-18-12-30-48-42(34)36/h9-12,15-20,29-30,43-44H,1-8,13-14,21-28,31-32H2,(H,45,51)(H,46,52)(H,49,53)(H,50,54). The highest BCUT2D eigenvalue weighted by molar-refractivity contribution is 6.02. The zero-order valence-electron chi connectivity index (χ0n) is 31.6. The molecule has 4 aromatic rings. The fourth-order valence-electron chi connectivity index (χ4n) is 6.16. The average Bonchev–Trinajstić information content (AvgIpc) is 3.19. The number of hydrogen-bond donors (Lipinski definition) is 6. The maximum absolute atomic E-state index is 12.4. The van der Waals surface area contributed by atoms with E-state index in [0.29, 0.717) is 24.5 Å². The number of pyridine rings is 2. The van der Waals surface area contributed by atoms with Gasteiger partial charge in [-0.05, 0) is 76.1 Å². The van der Waals surface area contributed by atoms with Crippen molar-refractivity contribution >= 4 is 56.8 Å². The highest BCUT2D eigenvalue weighted by Crippen LogP contribution is 2.22. The van der Waals surface area contributed by atoms with Gasteiger partial charge in [-0.3, -0.25) is 29.1 Å². The van der Waals surface area contributed by atoms with Gasteiger partial charge in [-0.1, -0.05) is 74.9 Å². The largest absolute Gasteiger partial charge is 0.356 e. The van der Waals surface area contributed by atoms with Crippen LogP contribution in [0.4, 0.5) is 11.4 Å². The molecular formula is C42H58N8O4. The molecule has 4 amide bonds. The van der Waals surface area contributed by atoms with Gasteiger partial charge in [0.25, 0.3) is 0 Å². The van der Waals surface area contributed by atoms with Crippen molar-refractivity contribution in [2.45, 2.75) is 89.9 Å². The molecule has 12 nitrogen and oxygen atoms in total. The van der Waals surface area contributed by atoms with Crippen LogP contribution in [0.2, 0.25) is 0 Å². The Hall–Kier alpha value is -4.94. The zero-order valence-corrected chi connectivity index (χ0v) is 31.6. The van der Waals surface area contributed by atoms with Gasteiger partial charge < -0.3 is 31.9 Å². The number of para-hydroxylation sites is 2. The van der Waals surface area contributed by atoms with Gasteiger partial charge in [-0.15, -0.1) is 0 Å². The molecule has 12 heteroatoms. The summed E-state index contributed by atoms with van der Waals surface area (Å²) in [6.45, 7) is 4.92. The SMILES string of the molecule is O=C(CCC(=O)Nc1cccc2cccnc12)NCCCNCCCCCCCCCCNCCCNC(=O)CCC(=O)Nc1cccc2cccnc12. The molecule has 4 rings (SSSR count). The third kappa shape index (κ3) is 16.4. The van der Waals surface area contributed by atoms with Crippen molar-refractivity contribution in [1.29, 1.82) is 0 Å². The number of amides is 4. The van der Waals surface area contributed by atoms with Crippen LogP contribution in [0.5, 0.6) is 0 Å². The molecule has 54 heavy (non-hydrogen) atoms. The van der Waals surface area contributed by atoms with Crippen LogP contribution < -0.4 is 31.9 Å². The second-order valence-corrected chi connectivity index (χ2v) is 13.6. The van der Waals surface area contributed by atoms with E-state index in [0.717, 1.165) is 73.7 Å². The van der Waals surface area contributed by atoms with Crippen LogP contribution in [0.3, 0.4) is 0 Å². The van der Waals surface area contributed by atoms with Crippen LogP contribution in [0.1, 0.15) is 89.9 Å². The molecule has 0 radical (unpaired) electrons. The lowest BCUT2D eigenvalue weighted by atomic mass is 10.1. The van der Waals surface area contributed by atoms with Crippen LogP contribution in [0, 0.1) is 0 Å². The number of hydrogen-bond acceptors (Lipinski definition) is 8. The predicted octanol–water partition coefficient (Wildman–Crippen LogP) is 6.23. The predicted molar refractivity (Wildman–Crippen MR) is 217 cm³/mol. The second-order valence-electron chi connectivity index (χ2n) is 13.6. The lowest BCUT2D eigenvalue weighted by Crippen LogP contribution is -2.28. The quantitative estimate of drug-likeness (QED) is 0.0392. The van der Waals surface area contributed by atoms with Crippen LogP contribution in [0.15, 0.2) is 73.1 Å². The summed E-state index contributed by atoms with van der Waals surface area (Å²) < 4.78 is 0. The van der Waals surface area contributed by atoms with Gasteiger partial charge >= 0.3 is 0 Å². The van der Waals surface area contributed by atoms with Crippen LogP contribution >= 0.6 is 0 Å². The molecule has 6 N–H and O–H groups in total. The molecule has 0 saturated carbocycles. The Morgan fingerprint density at radius 1 is 0.407 bits per heavy atom. The van der Waals surface area contributed by atoms with Crippen LogP contribution in [-0.4, -0.2) is 72.9 Å². The van der Waals surface area contributed by atoms with E-state index in [-0.39, 0.29) is 49.3 Å². The van der Waals surface area contributed by atoms with E-state index in [2.05, 4.69) is 41.9 Å². The fourth-order valence-corrected chi connectivity index (χ4v) is 6.16. The summed E-state index contributed by atoms with van der Waals surface area (Å²) in [5, 5.41) is 20.4. The number of anilines is 2. The van der Waals surface area contributed by atoms with Crippen LogP contribution in [-0.2, 0) is 19.2 Å². The van der Waals surface area contributed by atoms with E-state index < -0.39 is 0 Å². The monoisotopic (exact) mass is 738 g/mol. The van der Waals surface area contributed by atoms with Crippen molar-refractivity contribution in [1.82, 2.24) is 31.2 Å². The summed E-state index contributed by atoms with van der Waals surface area (Å²) in [6.07, 6.45) is 15.6. The van der Waals surface area contributed by atoms with Gasteiger partial charge in [-0.25, -0.2) is 0 Å². The summed E-state index contributed by atoms with van der Waals surface area (Å²) in [4.78, 5) is 57.7. The first-order valence-electron chi connectivity index (χ1n) is 19.7. The first kappa shape index (κ1) is 41.8. The van der Waals surface area contributed by atoms with Crippen molar-refractivity contribution in [2.75, 3.05) is 49.9 Å². The van der Waals surface area contributed by atoms with E-state index >= 15 is 0 Å². The minimum atomic E-state index is -0.195. The topological polar surface area (TPSA) is 166 Å². The molecule has 2 aromatic carbocycles. The first-order valence-corrected chi connectivity index (χ1v) is 19.7. The average molecular weight is 739 g/mol. The van der Waals surface area contributed by atoms with E-state index in [1.807, 2.05) is 60.7 Å². The molecule has 0 atom stereocenters. The Morgan fingerprint density at radius 3 is 1.22 bits per heavy atom. The molecule has 290 valence electrons. The number of benzene rings is 2. The minimum Gasteiger partial charge on any atom is -0.356 e. The van der Waals surface area contributed by atoms with Crippen molar-refractivity contribution in [3.8, 4) is 0 Å². The molecule has 0 aliphatic rings. The van der Waals surface area contributed by atoms with E-state index in [1.165, 1.54) is 38.5 Å². The number of aromatic nitrogens is 2. The Morgan fingerprint density at radius 2 is 0.778 bits per heavy atom. The third-order valence-corrected chi connectivity index (χ3v) is 9.13. The van der Waals surface area contributed by atoms with Crippen molar-refractivity contribution in [2.24, 2.45) is 0 Å². The molecule has 0 unspecified atom stereocenters. The van der Waals surface area contributed by atoms with Gasteiger partial charge in [0.15, 0.2) is 0 Å². The molecule has 0 aliphatic carbocycles. The molecular weight excluding hydrogens is 681 g/mol. The van der Waals surface area contributed by atoms with Gasteiger partial charge in [0, 0.05) is 61.9 Å². The number of fused-ring (bicyclic) bond motifs is 2. The lowest BCUT2D eigenvalue weighted by Gasteiger charge is -2.09. The summed E-state index contributed by atoms with van der Waals surface area (Å²) in [5.41, 5.74) is 2.80. The van der Waals surface area contributed by atoms with Gasteiger partial charge in [0.2, 0.25) is 23.6 Å². The smallest absolute Gasteiger partial charge is 0.224 e. The molecule has 2 aromatic heterocycles. The Balaban J connectivity index is 0.844. The maximum Gasteiger partial charge on any atom is 0.224 e. The lowest BCUT2D eigenvalue weighted by molar-refractivity contribution is -0.124. The van der Waals surface area contributed by atoms with E-state index in [9.17, 15) is 19.2 Å². The van der Waals surface area contributed by atoms with Gasteiger partial charge in [-0.2, -0.15) is 0 Å². The molecule has 2 heterocycles. The molecule has 0 fully saturated rings. The Labute approximate surface area is 319 Å². The Bertz CT molecular complexity index is 1610. The number of unbranched alkanes of at least 4 members (excludes halogenated alkanes) is 7. The highest BCUT2D eigenvalue weighted by atomic mass is 16.2. The second kappa shape index (κ2) is 25.1. The summed E-state index contributed by atoms with van der Waals surface area (Å²) in [6, 6.07) is 18.9. The van der Waals surface area contributed by atoms with Crippen molar-refractivity contribution in [3.05, 3.63) is 73.1 Å². The van der Waals surface area contributed by atoms with Crippen molar-refractivity contribution < 1.29 is 19.2 Å². The Kier molecular flexibility index (Phi) is 19.5. The maximum atomic E-state index is 12.4. The molecule has 0 saturated heterocycles. The number of rotatable bonds is 27. The number of carbonyl (C=O) groups is 4. The number of nitrogens with zero attached hydrogens (tertiary/aromatic N) is 2. The zero-order chi connectivity index (χ0) is 38.1. The van der Waals surface area contributed by atoms with Crippen molar-refractivity contribution in [3.63, 3.8) is 0 Å². The molecule has 0 bridgehead atoms. The van der Waals surface area contributed by atoms with Gasteiger partial charge in [0.05, 0.1) is 22.4 Å². The summed E-state index contributed by atoms with van der Waals surface area (Å²) in [5.74, 6) is -0.605. The number of carbonyl (C=O) groups excluding carboxylic acids is 4. The first-order chi connectivity index (χ1) is 26.5. The van der Waals surface area contributed by atoms with Crippen LogP contribution in [0.25, 0.3) is 21.8 Å². The summed E-state index contributed by atoms with van der Waals surface area (Å²) >= 11 is 0. The minimum absolute atomic E-state index is 0.108.